The van der Waals surface area contributed by atoms with Crippen LogP contribution in [-0.2, 0) is 13.5 Å². The van der Waals surface area contributed by atoms with Crippen molar-refractivity contribution in [1.29, 1.82) is 0 Å². The summed E-state index contributed by atoms with van der Waals surface area (Å²) in [6, 6.07) is 0. The average Bonchev–Trinajstić information content (AvgIpc) is 2.44. The Kier molecular flexibility index (Phi) is 5.13. The summed E-state index contributed by atoms with van der Waals surface area (Å²) in [7, 11) is 1.89. The molecule has 86 valence electrons. The minimum absolute atomic E-state index is 0.662. The van der Waals surface area contributed by atoms with Gasteiger partial charge >= 0.3 is 0 Å². The molecule has 1 heterocycles. The fourth-order valence-corrected chi connectivity index (χ4v) is 2.64. The van der Waals surface area contributed by atoms with Gasteiger partial charge in [0.2, 0.25) is 0 Å². The summed E-state index contributed by atoms with van der Waals surface area (Å²) in [5.74, 6) is 0.662. The molecule has 0 aliphatic heterocycles. The zero-order valence-corrected chi connectivity index (χ0v) is 11.9. The second kappa shape index (κ2) is 5.90. The molecule has 0 saturated carbocycles. The normalized spacial score (nSPS) is 13.1. The third kappa shape index (κ3) is 3.22. The van der Waals surface area contributed by atoms with Crippen LogP contribution in [-0.4, -0.2) is 15.1 Å². The van der Waals surface area contributed by atoms with Gasteiger partial charge in [0.1, 0.15) is 5.15 Å². The molecule has 0 aliphatic carbocycles. The van der Waals surface area contributed by atoms with E-state index in [1.807, 2.05) is 14.0 Å². The number of hydrogen-bond donors (Lipinski definition) is 0. The molecule has 4 heteroatoms. The van der Waals surface area contributed by atoms with Gasteiger partial charge in [-0.1, -0.05) is 40.9 Å². The van der Waals surface area contributed by atoms with Crippen molar-refractivity contribution in [2.45, 2.75) is 33.1 Å². The lowest BCUT2D eigenvalue weighted by atomic mass is 9.97. The van der Waals surface area contributed by atoms with E-state index in [4.69, 9.17) is 11.6 Å². The molecule has 0 aromatic carbocycles. The topological polar surface area (TPSA) is 17.8 Å². The molecule has 1 rings (SSSR count). The van der Waals surface area contributed by atoms with Crippen molar-refractivity contribution in [2.24, 2.45) is 13.0 Å². The van der Waals surface area contributed by atoms with E-state index in [-0.39, 0.29) is 0 Å². The summed E-state index contributed by atoms with van der Waals surface area (Å²) in [4.78, 5) is 0. The largest absolute Gasteiger partial charge is 0.257 e. The van der Waals surface area contributed by atoms with Crippen LogP contribution < -0.4 is 0 Å². The van der Waals surface area contributed by atoms with Gasteiger partial charge in [-0.3, -0.25) is 4.68 Å². The maximum Gasteiger partial charge on any atom is 0.130 e. The van der Waals surface area contributed by atoms with Gasteiger partial charge in [0, 0.05) is 17.9 Å². The highest BCUT2D eigenvalue weighted by atomic mass is 79.9. The number of rotatable bonds is 5. The first-order chi connectivity index (χ1) is 7.10. The molecule has 0 aliphatic rings. The van der Waals surface area contributed by atoms with E-state index in [0.717, 1.165) is 22.6 Å². The van der Waals surface area contributed by atoms with Gasteiger partial charge in [-0.15, -0.1) is 0 Å². The maximum atomic E-state index is 6.20. The summed E-state index contributed by atoms with van der Waals surface area (Å²) in [6.45, 7) is 4.24. The summed E-state index contributed by atoms with van der Waals surface area (Å²) in [5.41, 5.74) is 2.27. The van der Waals surface area contributed by atoms with Crippen LogP contribution in [0.4, 0.5) is 0 Å². The first-order valence-electron chi connectivity index (χ1n) is 5.34. The molecule has 1 unspecified atom stereocenters. The molecule has 0 fully saturated rings. The van der Waals surface area contributed by atoms with Crippen LogP contribution in [0.25, 0.3) is 0 Å². The van der Waals surface area contributed by atoms with Crippen LogP contribution in [0.15, 0.2) is 0 Å². The summed E-state index contributed by atoms with van der Waals surface area (Å²) < 4.78 is 1.75. The number of aromatic nitrogens is 2. The molecule has 0 amide bonds. The van der Waals surface area contributed by atoms with E-state index >= 15 is 0 Å². The Morgan fingerprint density at radius 1 is 1.53 bits per heavy atom. The second-order valence-corrected chi connectivity index (χ2v) is 5.00. The van der Waals surface area contributed by atoms with Crippen LogP contribution in [0.3, 0.4) is 0 Å². The zero-order chi connectivity index (χ0) is 11.4. The predicted molar refractivity (Wildman–Crippen MR) is 68.9 cm³/mol. The predicted octanol–water partition coefficient (Wildman–Crippen LogP) is 3.74. The van der Waals surface area contributed by atoms with Crippen molar-refractivity contribution >= 4 is 27.5 Å². The summed E-state index contributed by atoms with van der Waals surface area (Å²) >= 11 is 9.76. The van der Waals surface area contributed by atoms with E-state index in [1.54, 1.807) is 4.68 Å². The monoisotopic (exact) mass is 292 g/mol. The highest BCUT2D eigenvalue weighted by Gasteiger charge is 2.15. The Labute approximate surface area is 105 Å². The molecule has 0 bridgehead atoms. The third-order valence-electron chi connectivity index (χ3n) is 2.68. The Bertz CT molecular complexity index is 323. The summed E-state index contributed by atoms with van der Waals surface area (Å²) in [6.07, 6.45) is 3.47. The minimum atomic E-state index is 0.662. The molecule has 15 heavy (non-hydrogen) atoms. The van der Waals surface area contributed by atoms with Crippen LogP contribution >= 0.6 is 27.5 Å². The van der Waals surface area contributed by atoms with E-state index in [2.05, 4.69) is 28.0 Å². The van der Waals surface area contributed by atoms with Crippen LogP contribution in [0.1, 0.15) is 31.0 Å². The lowest BCUT2D eigenvalue weighted by Crippen LogP contribution is -2.06. The Morgan fingerprint density at radius 3 is 2.60 bits per heavy atom. The number of aryl methyl sites for hydroxylation is 2. The van der Waals surface area contributed by atoms with Gasteiger partial charge in [-0.25, -0.2) is 0 Å². The molecule has 0 N–H and O–H groups in total. The molecule has 1 atom stereocenters. The van der Waals surface area contributed by atoms with Crippen molar-refractivity contribution < 1.29 is 0 Å². The third-order valence-corrected chi connectivity index (χ3v) is 4.07. The highest BCUT2D eigenvalue weighted by molar-refractivity contribution is 9.09. The molecule has 0 spiro atoms. The first kappa shape index (κ1) is 13.0. The van der Waals surface area contributed by atoms with Gasteiger partial charge < -0.3 is 0 Å². The molecule has 1 aromatic rings. The van der Waals surface area contributed by atoms with Crippen molar-refractivity contribution in [2.75, 3.05) is 5.33 Å². The SMILES string of the molecule is CCCC(CBr)Cc1c(C)nn(C)c1Cl. The Balaban J connectivity index is 2.78. The first-order valence-corrected chi connectivity index (χ1v) is 6.84. The average molecular weight is 294 g/mol. The Morgan fingerprint density at radius 2 is 2.20 bits per heavy atom. The van der Waals surface area contributed by atoms with E-state index in [9.17, 15) is 0 Å². The van der Waals surface area contributed by atoms with Crippen LogP contribution in [0, 0.1) is 12.8 Å². The van der Waals surface area contributed by atoms with Crippen molar-refractivity contribution in [3.05, 3.63) is 16.4 Å². The fraction of sp³-hybridized carbons (Fsp3) is 0.727. The maximum absolute atomic E-state index is 6.20. The van der Waals surface area contributed by atoms with Gasteiger partial charge in [0.05, 0.1) is 5.69 Å². The van der Waals surface area contributed by atoms with Crippen LogP contribution in [0.5, 0.6) is 0 Å². The van der Waals surface area contributed by atoms with Gasteiger partial charge in [-0.2, -0.15) is 5.10 Å². The van der Waals surface area contributed by atoms with E-state index in [1.165, 1.54) is 18.4 Å². The smallest absolute Gasteiger partial charge is 0.130 e. The van der Waals surface area contributed by atoms with Crippen molar-refractivity contribution in [3.63, 3.8) is 0 Å². The number of hydrogen-bond acceptors (Lipinski definition) is 1. The standard InChI is InChI=1S/C11H18BrClN2/c1-4-5-9(7-12)6-10-8(2)14-15(3)11(10)13/h9H,4-7H2,1-3H3. The molecule has 0 radical (unpaired) electrons. The van der Waals surface area contributed by atoms with Crippen LogP contribution in [0.2, 0.25) is 5.15 Å². The number of halogens is 2. The van der Waals surface area contributed by atoms with Crippen molar-refractivity contribution in [3.8, 4) is 0 Å². The van der Waals surface area contributed by atoms with Gasteiger partial charge in [0.15, 0.2) is 0 Å². The van der Waals surface area contributed by atoms with Crippen molar-refractivity contribution in [1.82, 2.24) is 9.78 Å². The van der Waals surface area contributed by atoms with Gasteiger partial charge in [0.25, 0.3) is 0 Å². The van der Waals surface area contributed by atoms with Gasteiger partial charge in [-0.05, 0) is 25.7 Å². The molecular weight excluding hydrogens is 275 g/mol. The highest BCUT2D eigenvalue weighted by Crippen LogP contribution is 2.24. The lowest BCUT2D eigenvalue weighted by molar-refractivity contribution is 0.533. The fourth-order valence-electron chi connectivity index (χ4n) is 1.84. The lowest BCUT2D eigenvalue weighted by Gasteiger charge is -2.12. The molecular formula is C11H18BrClN2. The van der Waals surface area contributed by atoms with E-state index < -0.39 is 0 Å². The quantitative estimate of drug-likeness (QED) is 0.756. The minimum Gasteiger partial charge on any atom is -0.257 e. The molecule has 1 aromatic heterocycles. The van der Waals surface area contributed by atoms with E-state index in [0.29, 0.717) is 5.92 Å². The number of alkyl halides is 1. The summed E-state index contributed by atoms with van der Waals surface area (Å²) in [5, 5.41) is 6.15. The Hall–Kier alpha value is -0.0200. The number of nitrogens with zero attached hydrogens (tertiary/aromatic N) is 2. The molecule has 0 saturated heterocycles. The zero-order valence-electron chi connectivity index (χ0n) is 9.56. The second-order valence-electron chi connectivity index (χ2n) is 3.99. The molecule has 2 nitrogen and oxygen atoms in total.